The summed E-state index contributed by atoms with van der Waals surface area (Å²) in [5.41, 5.74) is 4.79. The summed E-state index contributed by atoms with van der Waals surface area (Å²) in [5.74, 6) is 1.10. The predicted octanol–water partition coefficient (Wildman–Crippen LogP) is 5.03. The molecule has 0 spiro atoms. The van der Waals surface area contributed by atoms with Crippen molar-refractivity contribution in [3.8, 4) is 11.8 Å². The van der Waals surface area contributed by atoms with Crippen molar-refractivity contribution >= 4 is 46.1 Å². The van der Waals surface area contributed by atoms with E-state index in [0.717, 1.165) is 26.8 Å². The Kier molecular flexibility index (Phi) is 5.76. The highest BCUT2D eigenvalue weighted by Gasteiger charge is 2.12. The van der Waals surface area contributed by atoms with Crippen LogP contribution < -0.4 is 5.32 Å². The first-order valence-corrected chi connectivity index (χ1v) is 9.79. The number of aromatic amines is 1. The van der Waals surface area contributed by atoms with E-state index in [-0.39, 0.29) is 5.75 Å². The molecule has 136 valence electrons. The summed E-state index contributed by atoms with van der Waals surface area (Å²) in [4.78, 5) is 4.37. The molecule has 3 N–H and O–H groups in total. The summed E-state index contributed by atoms with van der Waals surface area (Å²) < 4.78 is 0.903. The molecule has 6 nitrogen and oxygen atoms in total. The Morgan fingerprint density at radius 3 is 2.70 bits per heavy atom. The molecule has 0 aliphatic heterocycles. The molecule has 0 saturated carbocycles. The first-order chi connectivity index (χ1) is 13.0. The topological polar surface area (TPSA) is 97.1 Å². The zero-order valence-corrected chi connectivity index (χ0v) is 17.1. The van der Waals surface area contributed by atoms with Crippen LogP contribution in [0, 0.1) is 25.2 Å². The summed E-state index contributed by atoms with van der Waals surface area (Å²) in [7, 11) is 0. The van der Waals surface area contributed by atoms with E-state index < -0.39 is 0 Å². The minimum absolute atomic E-state index is 0.284. The summed E-state index contributed by atoms with van der Waals surface area (Å²) in [5, 5.41) is 29.6. The minimum Gasteiger partial charge on any atom is -0.507 e. The molecule has 1 heterocycles. The van der Waals surface area contributed by atoms with Crippen LogP contribution >= 0.6 is 22.6 Å². The van der Waals surface area contributed by atoms with Gasteiger partial charge in [-0.25, -0.2) is 4.99 Å². The number of phenolic OH excluding ortho intramolecular Hbond substituents is 1. The maximum absolute atomic E-state index is 9.87. The second kappa shape index (κ2) is 8.22. The van der Waals surface area contributed by atoms with Gasteiger partial charge in [0.2, 0.25) is 0 Å². The average molecular weight is 471 g/mol. The van der Waals surface area contributed by atoms with Gasteiger partial charge in [0, 0.05) is 16.3 Å². The van der Waals surface area contributed by atoms with Crippen LogP contribution in [-0.4, -0.2) is 21.5 Å². The fraction of sp³-hybridized carbons (Fsp3) is 0.150. The van der Waals surface area contributed by atoms with Crippen LogP contribution in [0.5, 0.6) is 5.75 Å². The normalized spacial score (nSPS) is 10.9. The van der Waals surface area contributed by atoms with E-state index in [1.807, 2.05) is 50.2 Å². The zero-order chi connectivity index (χ0) is 19.4. The minimum atomic E-state index is 0.284. The number of rotatable bonds is 5. The summed E-state index contributed by atoms with van der Waals surface area (Å²) >= 11 is 2.31. The predicted molar refractivity (Wildman–Crippen MR) is 116 cm³/mol. The highest BCUT2D eigenvalue weighted by Crippen LogP contribution is 2.27. The van der Waals surface area contributed by atoms with Gasteiger partial charge in [-0.15, -0.1) is 0 Å². The van der Waals surface area contributed by atoms with E-state index in [0.29, 0.717) is 17.2 Å². The molecule has 3 aromatic rings. The third kappa shape index (κ3) is 4.28. The zero-order valence-electron chi connectivity index (χ0n) is 14.9. The molecule has 27 heavy (non-hydrogen) atoms. The fourth-order valence-corrected chi connectivity index (χ4v) is 3.17. The number of nitrogens with one attached hydrogen (secondary N) is 2. The first kappa shape index (κ1) is 18.9. The first-order valence-electron chi connectivity index (χ1n) is 8.26. The number of aliphatic imine (C=N–C) groups is 1. The Balaban J connectivity index is 1.87. The monoisotopic (exact) mass is 471 g/mol. The van der Waals surface area contributed by atoms with Gasteiger partial charge >= 0.3 is 0 Å². The van der Waals surface area contributed by atoms with Crippen molar-refractivity contribution in [1.82, 2.24) is 10.2 Å². The number of anilines is 2. The Morgan fingerprint density at radius 1 is 1.30 bits per heavy atom. The molecule has 0 aliphatic carbocycles. The lowest BCUT2D eigenvalue weighted by molar-refractivity contribution is 0.467. The van der Waals surface area contributed by atoms with Crippen LogP contribution in [0.15, 0.2) is 41.4 Å². The molecule has 0 atom stereocenters. The fourth-order valence-electron chi connectivity index (χ4n) is 2.69. The number of H-pyrrole nitrogens is 1. The molecule has 2 aromatic carbocycles. The number of halogens is 1. The largest absolute Gasteiger partial charge is 0.507 e. The second-order valence-electron chi connectivity index (χ2n) is 6.13. The highest BCUT2D eigenvalue weighted by atomic mass is 127. The number of alkyl halides is 1. The number of hydrogen-bond donors (Lipinski definition) is 3. The second-order valence-corrected chi connectivity index (χ2v) is 6.89. The van der Waals surface area contributed by atoms with Crippen molar-refractivity contribution in [2.24, 2.45) is 4.99 Å². The highest BCUT2D eigenvalue weighted by molar-refractivity contribution is 14.1. The molecule has 1 aromatic heterocycles. The van der Waals surface area contributed by atoms with Crippen LogP contribution in [0.3, 0.4) is 0 Å². The molecule has 0 bridgehead atoms. The number of hydrogen-bond acceptors (Lipinski definition) is 5. The van der Waals surface area contributed by atoms with Crippen molar-refractivity contribution in [3.63, 3.8) is 0 Å². The van der Waals surface area contributed by atoms with Crippen LogP contribution in [-0.2, 0) is 4.43 Å². The van der Waals surface area contributed by atoms with Gasteiger partial charge in [-0.3, -0.25) is 5.10 Å². The summed E-state index contributed by atoms with van der Waals surface area (Å²) in [6, 6.07) is 13.8. The number of aromatic hydroxyl groups is 1. The maximum atomic E-state index is 9.87. The summed E-state index contributed by atoms with van der Waals surface area (Å²) in [6.07, 6.45) is 1.65. The number of aromatic nitrogens is 2. The van der Waals surface area contributed by atoms with Gasteiger partial charge in [-0.1, -0.05) is 34.7 Å². The van der Waals surface area contributed by atoms with Crippen LogP contribution in [0.1, 0.15) is 27.8 Å². The molecule has 7 heteroatoms. The van der Waals surface area contributed by atoms with Crippen molar-refractivity contribution in [3.05, 3.63) is 64.2 Å². The number of nitriles is 1. The lowest BCUT2D eigenvalue weighted by Gasteiger charge is -2.05. The smallest absolute Gasteiger partial charge is 0.172 e. The molecule has 0 amide bonds. The standard InChI is InChI=1S/C20H18IN5O/c1-12-6-15(7-13(2)18(12)27)11-23-19-17(10-22)20(26-25-19)24-16-5-3-4-14(8-16)9-21/h3-8,11,27H,9H2,1-2H3,(H2,24,25,26)/b23-11+. The van der Waals surface area contributed by atoms with Gasteiger partial charge in [-0.2, -0.15) is 10.4 Å². The van der Waals surface area contributed by atoms with Gasteiger partial charge in [0.1, 0.15) is 17.4 Å². The lowest BCUT2D eigenvalue weighted by Crippen LogP contribution is -1.93. The van der Waals surface area contributed by atoms with Crippen molar-refractivity contribution in [1.29, 1.82) is 5.26 Å². The number of benzene rings is 2. The molecule has 0 fully saturated rings. The Bertz CT molecular complexity index is 1030. The molecular formula is C20H18IN5O. The Morgan fingerprint density at radius 2 is 2.04 bits per heavy atom. The van der Waals surface area contributed by atoms with Crippen LogP contribution in [0.25, 0.3) is 0 Å². The van der Waals surface area contributed by atoms with Crippen LogP contribution in [0.4, 0.5) is 17.3 Å². The van der Waals surface area contributed by atoms with E-state index in [4.69, 9.17) is 0 Å². The molecule has 0 radical (unpaired) electrons. The summed E-state index contributed by atoms with van der Waals surface area (Å²) in [6.45, 7) is 3.67. The third-order valence-electron chi connectivity index (χ3n) is 4.06. The molecule has 0 aliphatic rings. The molecule has 0 unspecified atom stereocenters. The van der Waals surface area contributed by atoms with Crippen molar-refractivity contribution < 1.29 is 5.11 Å². The molecular weight excluding hydrogens is 453 g/mol. The van der Waals surface area contributed by atoms with Gasteiger partial charge in [-0.05, 0) is 60.4 Å². The Labute approximate surface area is 171 Å². The van der Waals surface area contributed by atoms with Gasteiger partial charge in [0.05, 0.1) is 0 Å². The molecule has 3 rings (SSSR count). The van der Waals surface area contributed by atoms with Gasteiger partial charge in [0.15, 0.2) is 11.6 Å². The molecule has 0 saturated heterocycles. The van der Waals surface area contributed by atoms with E-state index in [1.54, 1.807) is 6.21 Å². The quantitative estimate of drug-likeness (QED) is 0.276. The SMILES string of the molecule is Cc1cc(/C=N/c2[nH]nc(Nc3cccc(CI)c3)c2C#N)cc(C)c1O. The number of aryl methyl sites for hydroxylation is 2. The Hall–Kier alpha value is -2.86. The van der Waals surface area contributed by atoms with Crippen LogP contribution in [0.2, 0.25) is 0 Å². The van der Waals surface area contributed by atoms with Crippen molar-refractivity contribution in [2.75, 3.05) is 5.32 Å². The maximum Gasteiger partial charge on any atom is 0.172 e. The number of nitrogens with zero attached hydrogens (tertiary/aromatic N) is 3. The van der Waals surface area contributed by atoms with E-state index in [9.17, 15) is 10.4 Å². The third-order valence-corrected chi connectivity index (χ3v) is 4.94. The van der Waals surface area contributed by atoms with E-state index in [2.05, 4.69) is 49.2 Å². The van der Waals surface area contributed by atoms with Crippen molar-refractivity contribution in [2.45, 2.75) is 18.3 Å². The van der Waals surface area contributed by atoms with E-state index >= 15 is 0 Å². The average Bonchev–Trinajstić information content (AvgIpc) is 3.05. The number of phenols is 1. The van der Waals surface area contributed by atoms with E-state index in [1.165, 1.54) is 5.56 Å². The van der Waals surface area contributed by atoms with Gasteiger partial charge in [0.25, 0.3) is 0 Å². The van der Waals surface area contributed by atoms with Gasteiger partial charge < -0.3 is 10.4 Å². The lowest BCUT2D eigenvalue weighted by atomic mass is 10.1.